The largest absolute Gasteiger partial charge is 0.507 e. The van der Waals surface area contributed by atoms with Crippen LogP contribution in [0.15, 0.2) is 77.4 Å². The number of aromatic carboxylic acids is 1. The highest BCUT2D eigenvalue weighted by molar-refractivity contribution is 6.34. The lowest BCUT2D eigenvalue weighted by Gasteiger charge is -2.32. The molecule has 2 heterocycles. The van der Waals surface area contributed by atoms with E-state index in [0.29, 0.717) is 11.4 Å². The lowest BCUT2D eigenvalue weighted by Crippen LogP contribution is -2.24. The molecule has 2 aliphatic heterocycles. The zero-order valence-corrected chi connectivity index (χ0v) is 18.5. The molecule has 5 rings (SSSR count). The predicted molar refractivity (Wildman–Crippen MR) is 133 cm³/mol. The SMILES string of the molecule is [C-]#[N+]C1=NN(c2ccccc2)C(=O)C1=Cc1ccc2c(c1)CCCN2c1ccc(C(=O)O)c(O)c1. The molecule has 0 fully saturated rings. The number of hydrogen-bond acceptors (Lipinski definition) is 5. The van der Waals surface area contributed by atoms with E-state index in [1.165, 1.54) is 17.1 Å². The maximum Gasteiger partial charge on any atom is 0.339 e. The number of hydrogen-bond donors (Lipinski definition) is 2. The van der Waals surface area contributed by atoms with Crippen molar-refractivity contribution in [3.05, 3.63) is 100 Å². The summed E-state index contributed by atoms with van der Waals surface area (Å²) in [6, 6.07) is 19.3. The Morgan fingerprint density at radius 2 is 1.86 bits per heavy atom. The van der Waals surface area contributed by atoms with Crippen molar-refractivity contribution >= 4 is 40.9 Å². The minimum atomic E-state index is -1.18. The zero-order valence-electron chi connectivity index (χ0n) is 18.5. The highest BCUT2D eigenvalue weighted by Crippen LogP contribution is 2.37. The van der Waals surface area contributed by atoms with Gasteiger partial charge in [-0.3, -0.25) is 4.79 Å². The number of para-hydroxylation sites is 1. The first kappa shape index (κ1) is 21.9. The molecular weight excluding hydrogens is 444 g/mol. The highest BCUT2D eigenvalue weighted by Gasteiger charge is 2.34. The van der Waals surface area contributed by atoms with Gasteiger partial charge in [0.2, 0.25) is 0 Å². The minimum Gasteiger partial charge on any atom is -0.507 e. The fourth-order valence-corrected chi connectivity index (χ4v) is 4.37. The van der Waals surface area contributed by atoms with Crippen LogP contribution in [0.1, 0.15) is 27.9 Å². The van der Waals surface area contributed by atoms with Crippen molar-refractivity contribution in [1.82, 2.24) is 0 Å². The van der Waals surface area contributed by atoms with Gasteiger partial charge in [-0.1, -0.05) is 36.9 Å². The number of amides is 1. The first-order valence-corrected chi connectivity index (χ1v) is 11.0. The van der Waals surface area contributed by atoms with Gasteiger partial charge >= 0.3 is 11.8 Å². The normalized spacial score (nSPS) is 16.1. The third-order valence-electron chi connectivity index (χ3n) is 6.02. The second-order valence-corrected chi connectivity index (χ2v) is 8.20. The van der Waals surface area contributed by atoms with Crippen LogP contribution in [-0.4, -0.2) is 34.5 Å². The van der Waals surface area contributed by atoms with Crippen molar-refractivity contribution in [2.24, 2.45) is 5.10 Å². The maximum atomic E-state index is 13.0. The summed E-state index contributed by atoms with van der Waals surface area (Å²) < 4.78 is 0. The maximum absolute atomic E-state index is 13.0. The molecular formula is C27H20N4O4. The molecule has 0 radical (unpaired) electrons. The van der Waals surface area contributed by atoms with E-state index in [0.717, 1.165) is 36.2 Å². The molecule has 35 heavy (non-hydrogen) atoms. The number of anilines is 3. The Labute approximate surface area is 201 Å². The number of benzene rings is 3. The number of carbonyl (C=O) groups is 2. The van der Waals surface area contributed by atoms with Gasteiger partial charge in [0.1, 0.15) is 11.3 Å². The van der Waals surface area contributed by atoms with Crippen molar-refractivity contribution in [2.75, 3.05) is 16.5 Å². The summed E-state index contributed by atoms with van der Waals surface area (Å²) >= 11 is 0. The van der Waals surface area contributed by atoms with Crippen molar-refractivity contribution in [3.8, 4) is 5.75 Å². The van der Waals surface area contributed by atoms with Crippen LogP contribution in [0.25, 0.3) is 10.9 Å². The molecule has 0 unspecified atom stereocenters. The van der Waals surface area contributed by atoms with Gasteiger partial charge in [-0.2, -0.15) is 0 Å². The smallest absolute Gasteiger partial charge is 0.339 e. The van der Waals surface area contributed by atoms with Gasteiger partial charge in [0, 0.05) is 24.0 Å². The van der Waals surface area contributed by atoms with Crippen molar-refractivity contribution < 1.29 is 19.8 Å². The Morgan fingerprint density at radius 1 is 1.06 bits per heavy atom. The topological polar surface area (TPSA) is 97.8 Å². The lowest BCUT2D eigenvalue weighted by atomic mass is 9.97. The molecule has 0 bridgehead atoms. The average molecular weight is 464 g/mol. The number of aryl methyl sites for hydroxylation is 1. The number of aromatic hydroxyl groups is 1. The summed E-state index contributed by atoms with van der Waals surface area (Å²) in [7, 11) is 0. The molecule has 3 aromatic rings. The van der Waals surface area contributed by atoms with E-state index in [1.54, 1.807) is 24.3 Å². The van der Waals surface area contributed by atoms with Gasteiger partial charge in [0.15, 0.2) is 0 Å². The lowest BCUT2D eigenvalue weighted by molar-refractivity contribution is -0.114. The van der Waals surface area contributed by atoms with Gasteiger partial charge in [-0.25, -0.2) is 4.79 Å². The summed E-state index contributed by atoms with van der Waals surface area (Å²) in [4.78, 5) is 29.7. The van der Waals surface area contributed by atoms with E-state index in [4.69, 9.17) is 6.57 Å². The molecule has 0 saturated heterocycles. The Balaban J connectivity index is 1.47. The van der Waals surface area contributed by atoms with Crippen LogP contribution in [0.2, 0.25) is 0 Å². The number of hydrazone groups is 1. The third-order valence-corrected chi connectivity index (χ3v) is 6.02. The van der Waals surface area contributed by atoms with Gasteiger partial charge in [-0.15, -0.1) is 5.01 Å². The van der Waals surface area contributed by atoms with E-state index in [9.17, 15) is 19.8 Å². The van der Waals surface area contributed by atoms with Crippen LogP contribution in [0, 0.1) is 6.57 Å². The molecule has 0 aromatic heterocycles. The van der Waals surface area contributed by atoms with E-state index in [2.05, 4.69) is 9.95 Å². The second-order valence-electron chi connectivity index (χ2n) is 8.20. The number of phenols is 1. The molecule has 2 N–H and O–H groups in total. The van der Waals surface area contributed by atoms with Crippen molar-refractivity contribution in [1.29, 1.82) is 0 Å². The number of rotatable bonds is 4. The van der Waals surface area contributed by atoms with Gasteiger partial charge in [0.05, 0.1) is 11.3 Å². The molecule has 172 valence electrons. The van der Waals surface area contributed by atoms with E-state index in [-0.39, 0.29) is 28.6 Å². The fourth-order valence-electron chi connectivity index (χ4n) is 4.37. The number of fused-ring (bicyclic) bond motifs is 1. The monoisotopic (exact) mass is 464 g/mol. The molecule has 2 aliphatic rings. The molecule has 0 saturated carbocycles. The van der Waals surface area contributed by atoms with Crippen molar-refractivity contribution in [2.45, 2.75) is 12.8 Å². The number of carboxylic acids is 1. The first-order valence-electron chi connectivity index (χ1n) is 11.0. The first-order chi connectivity index (χ1) is 17.0. The van der Waals surface area contributed by atoms with Crippen LogP contribution in [0.3, 0.4) is 0 Å². The van der Waals surface area contributed by atoms with Crippen LogP contribution in [0.4, 0.5) is 17.1 Å². The van der Waals surface area contributed by atoms with E-state index < -0.39 is 5.97 Å². The van der Waals surface area contributed by atoms with E-state index in [1.807, 2.05) is 41.3 Å². The molecule has 8 nitrogen and oxygen atoms in total. The van der Waals surface area contributed by atoms with E-state index >= 15 is 0 Å². The van der Waals surface area contributed by atoms with Crippen LogP contribution in [-0.2, 0) is 11.2 Å². The summed E-state index contributed by atoms with van der Waals surface area (Å²) in [5.74, 6) is -1.76. The highest BCUT2D eigenvalue weighted by atomic mass is 16.4. The van der Waals surface area contributed by atoms with Crippen LogP contribution >= 0.6 is 0 Å². The summed E-state index contributed by atoms with van der Waals surface area (Å²) in [5, 5.41) is 24.8. The average Bonchev–Trinajstić information content (AvgIpc) is 3.18. The Bertz CT molecular complexity index is 1450. The summed E-state index contributed by atoms with van der Waals surface area (Å²) in [5.41, 5.74) is 4.18. The van der Waals surface area contributed by atoms with Crippen LogP contribution in [0.5, 0.6) is 5.75 Å². The number of carboxylic acid groups (broad SMARTS) is 1. The predicted octanol–water partition coefficient (Wildman–Crippen LogP) is 4.84. The van der Waals surface area contributed by atoms with Gasteiger partial charge in [0.25, 0.3) is 5.91 Å². The van der Waals surface area contributed by atoms with Gasteiger partial charge < -0.3 is 20.0 Å². The van der Waals surface area contributed by atoms with Crippen LogP contribution < -0.4 is 9.91 Å². The number of carbonyl (C=O) groups excluding carboxylic acids is 1. The molecule has 0 atom stereocenters. The second kappa shape index (κ2) is 8.80. The molecule has 3 aromatic carbocycles. The summed E-state index contributed by atoms with van der Waals surface area (Å²) in [6.07, 6.45) is 3.38. The molecule has 0 aliphatic carbocycles. The van der Waals surface area contributed by atoms with Crippen molar-refractivity contribution in [3.63, 3.8) is 0 Å². The Kier molecular flexibility index (Phi) is 5.51. The minimum absolute atomic E-state index is 0.0483. The third kappa shape index (κ3) is 4.00. The quantitative estimate of drug-likeness (QED) is 0.425. The number of nitrogens with zero attached hydrogens (tertiary/aromatic N) is 4. The molecule has 0 spiro atoms. The molecule has 8 heteroatoms. The Morgan fingerprint density at radius 3 is 2.57 bits per heavy atom. The van der Waals surface area contributed by atoms with Gasteiger partial charge in [-0.05, 0) is 65.5 Å². The zero-order chi connectivity index (χ0) is 24.5. The number of amidine groups is 1. The fraction of sp³-hybridized carbons (Fsp3) is 0.111. The summed E-state index contributed by atoms with van der Waals surface area (Å²) in [6.45, 7) is 8.20. The Hall–Kier alpha value is -4.90. The standard InChI is InChI=1S/C27H20N4O4/c1-28-25-22(26(33)31(29-25)19-7-3-2-4-8-19)15-17-9-12-23-18(14-17)6-5-13-30(23)20-10-11-21(27(34)35)24(32)16-20/h2-4,7-12,14-16,32H,5-6,13H2,(H,34,35). The molecule has 1 amide bonds.